The Bertz CT molecular complexity index is 895. The summed E-state index contributed by atoms with van der Waals surface area (Å²) in [5.41, 5.74) is 2.18. The molecule has 0 saturated carbocycles. The number of thiazole rings is 1. The van der Waals surface area contributed by atoms with Gasteiger partial charge in [0.2, 0.25) is 5.91 Å². The summed E-state index contributed by atoms with van der Waals surface area (Å²) in [6.07, 6.45) is 0. The number of carbonyl (C=O) groups is 2. The van der Waals surface area contributed by atoms with Crippen molar-refractivity contribution < 1.29 is 14.0 Å². The van der Waals surface area contributed by atoms with E-state index in [-0.39, 0.29) is 12.5 Å². The van der Waals surface area contributed by atoms with Gasteiger partial charge in [-0.05, 0) is 24.3 Å². The van der Waals surface area contributed by atoms with Crippen LogP contribution in [0.15, 0.2) is 60.0 Å². The molecule has 2 N–H and O–H groups in total. The summed E-state index contributed by atoms with van der Waals surface area (Å²) < 4.78 is 12.8. The van der Waals surface area contributed by atoms with Crippen molar-refractivity contribution in [3.8, 4) is 11.3 Å². The maximum atomic E-state index is 12.8. The Balaban J connectivity index is 1.46. The quantitative estimate of drug-likeness (QED) is 0.702. The van der Waals surface area contributed by atoms with Crippen molar-refractivity contribution >= 4 is 23.2 Å². The Hall–Kier alpha value is -3.06. The van der Waals surface area contributed by atoms with Gasteiger partial charge in [0.15, 0.2) is 0 Å². The van der Waals surface area contributed by atoms with Crippen molar-refractivity contribution in [3.05, 3.63) is 76.4 Å². The highest BCUT2D eigenvalue weighted by molar-refractivity contribution is 7.09. The van der Waals surface area contributed by atoms with E-state index in [1.165, 1.54) is 35.6 Å². The average Bonchev–Trinajstić information content (AvgIpc) is 3.15. The van der Waals surface area contributed by atoms with E-state index in [2.05, 4.69) is 15.6 Å². The predicted molar refractivity (Wildman–Crippen MR) is 98.1 cm³/mol. The largest absolute Gasteiger partial charge is 0.348 e. The molecule has 5 nitrogen and oxygen atoms in total. The van der Waals surface area contributed by atoms with E-state index < -0.39 is 11.7 Å². The zero-order valence-corrected chi connectivity index (χ0v) is 14.6. The van der Waals surface area contributed by atoms with Crippen LogP contribution in [0, 0.1) is 5.82 Å². The first kappa shape index (κ1) is 17.8. The number of nitrogens with one attached hydrogen (secondary N) is 2. The summed E-state index contributed by atoms with van der Waals surface area (Å²) in [5.74, 6) is -1.17. The Morgan fingerprint density at radius 3 is 2.46 bits per heavy atom. The van der Waals surface area contributed by atoms with Crippen LogP contribution >= 0.6 is 11.3 Å². The topological polar surface area (TPSA) is 71.1 Å². The molecule has 0 spiro atoms. The molecule has 7 heteroatoms. The third kappa shape index (κ3) is 4.73. The van der Waals surface area contributed by atoms with Crippen LogP contribution < -0.4 is 10.6 Å². The zero-order valence-electron chi connectivity index (χ0n) is 13.7. The van der Waals surface area contributed by atoms with Crippen LogP contribution in [0.5, 0.6) is 0 Å². The second kappa shape index (κ2) is 8.35. The molecule has 132 valence electrons. The average molecular weight is 369 g/mol. The molecule has 0 fully saturated rings. The number of aromatic nitrogens is 1. The third-order valence-electron chi connectivity index (χ3n) is 3.57. The van der Waals surface area contributed by atoms with Crippen LogP contribution in [-0.2, 0) is 11.3 Å². The predicted octanol–water partition coefficient (Wildman–Crippen LogP) is 3.00. The van der Waals surface area contributed by atoms with Gasteiger partial charge < -0.3 is 10.6 Å². The second-order valence-corrected chi connectivity index (χ2v) is 6.40. The van der Waals surface area contributed by atoms with E-state index in [1.54, 1.807) is 0 Å². The highest BCUT2D eigenvalue weighted by Gasteiger charge is 2.09. The fourth-order valence-corrected chi connectivity index (χ4v) is 2.98. The first-order chi connectivity index (χ1) is 12.6. The van der Waals surface area contributed by atoms with E-state index in [0.717, 1.165) is 16.3 Å². The van der Waals surface area contributed by atoms with Crippen molar-refractivity contribution in [2.24, 2.45) is 0 Å². The van der Waals surface area contributed by atoms with Gasteiger partial charge in [0.25, 0.3) is 5.91 Å². The van der Waals surface area contributed by atoms with Gasteiger partial charge in [-0.3, -0.25) is 9.59 Å². The Morgan fingerprint density at radius 1 is 1.00 bits per heavy atom. The zero-order chi connectivity index (χ0) is 18.4. The molecule has 0 saturated heterocycles. The van der Waals surface area contributed by atoms with Crippen molar-refractivity contribution in [2.45, 2.75) is 6.54 Å². The molecule has 3 aromatic rings. The number of benzene rings is 2. The summed E-state index contributed by atoms with van der Waals surface area (Å²) in [7, 11) is 0. The van der Waals surface area contributed by atoms with Gasteiger partial charge >= 0.3 is 0 Å². The van der Waals surface area contributed by atoms with E-state index in [4.69, 9.17) is 0 Å². The molecule has 3 rings (SSSR count). The molecule has 0 radical (unpaired) electrons. The van der Waals surface area contributed by atoms with Gasteiger partial charge in [-0.25, -0.2) is 9.37 Å². The minimum Gasteiger partial charge on any atom is -0.348 e. The van der Waals surface area contributed by atoms with Gasteiger partial charge in [-0.2, -0.15) is 0 Å². The molecule has 1 aromatic heterocycles. The first-order valence-corrected chi connectivity index (χ1v) is 8.80. The van der Waals surface area contributed by atoms with Crippen LogP contribution in [-0.4, -0.2) is 23.3 Å². The number of halogens is 1. The number of nitrogens with zero attached hydrogens (tertiary/aromatic N) is 1. The van der Waals surface area contributed by atoms with Crippen LogP contribution in [0.2, 0.25) is 0 Å². The van der Waals surface area contributed by atoms with Crippen molar-refractivity contribution in [1.82, 2.24) is 15.6 Å². The minimum absolute atomic E-state index is 0.160. The maximum absolute atomic E-state index is 12.8. The fraction of sp³-hybridized carbons (Fsp3) is 0.105. The summed E-state index contributed by atoms with van der Waals surface area (Å²) in [5, 5.41) is 7.93. The maximum Gasteiger partial charge on any atom is 0.251 e. The van der Waals surface area contributed by atoms with Gasteiger partial charge in [0, 0.05) is 16.5 Å². The summed E-state index contributed by atoms with van der Waals surface area (Å²) in [6, 6.07) is 14.9. The molecule has 2 amide bonds. The van der Waals surface area contributed by atoms with Gasteiger partial charge in [-0.1, -0.05) is 30.3 Å². The number of amides is 2. The Kier molecular flexibility index (Phi) is 5.70. The van der Waals surface area contributed by atoms with E-state index >= 15 is 0 Å². The highest BCUT2D eigenvalue weighted by atomic mass is 32.1. The smallest absolute Gasteiger partial charge is 0.251 e. The second-order valence-electron chi connectivity index (χ2n) is 5.46. The molecule has 0 aliphatic heterocycles. The first-order valence-electron chi connectivity index (χ1n) is 7.92. The number of hydrogen-bond donors (Lipinski definition) is 2. The molecule has 26 heavy (non-hydrogen) atoms. The van der Waals surface area contributed by atoms with Crippen LogP contribution in [0.4, 0.5) is 4.39 Å². The lowest BCUT2D eigenvalue weighted by molar-refractivity contribution is -0.120. The van der Waals surface area contributed by atoms with Crippen molar-refractivity contribution in [1.29, 1.82) is 0 Å². The van der Waals surface area contributed by atoms with E-state index in [1.807, 2.05) is 35.7 Å². The molecule has 2 aromatic carbocycles. The monoisotopic (exact) mass is 369 g/mol. The number of hydrogen-bond acceptors (Lipinski definition) is 4. The minimum atomic E-state index is -0.430. The molecular formula is C19H16FN3O2S. The van der Waals surface area contributed by atoms with Crippen LogP contribution in [0.25, 0.3) is 11.3 Å². The fourth-order valence-electron chi connectivity index (χ4n) is 2.23. The SMILES string of the molecule is O=C(CNC(=O)c1ccc(F)cc1)NCc1nc(-c2ccccc2)cs1. The normalized spacial score (nSPS) is 10.3. The molecule has 0 aliphatic carbocycles. The third-order valence-corrected chi connectivity index (χ3v) is 4.42. The van der Waals surface area contributed by atoms with Crippen LogP contribution in [0.3, 0.4) is 0 Å². The molecule has 0 atom stereocenters. The summed E-state index contributed by atoms with van der Waals surface area (Å²) in [4.78, 5) is 28.2. The van der Waals surface area contributed by atoms with E-state index in [0.29, 0.717) is 12.1 Å². The van der Waals surface area contributed by atoms with Crippen molar-refractivity contribution in [3.63, 3.8) is 0 Å². The lowest BCUT2D eigenvalue weighted by atomic mass is 10.2. The summed E-state index contributed by atoms with van der Waals surface area (Å²) >= 11 is 1.46. The van der Waals surface area contributed by atoms with E-state index in [9.17, 15) is 14.0 Å². The molecule has 0 aliphatic rings. The molecular weight excluding hydrogens is 353 g/mol. The molecule has 1 heterocycles. The van der Waals surface area contributed by atoms with Gasteiger partial charge in [0.1, 0.15) is 10.8 Å². The lowest BCUT2D eigenvalue weighted by Gasteiger charge is -2.06. The number of rotatable bonds is 6. The molecule has 0 bridgehead atoms. The Morgan fingerprint density at radius 2 is 1.73 bits per heavy atom. The Labute approximate surface area is 153 Å². The van der Waals surface area contributed by atoms with Crippen LogP contribution in [0.1, 0.15) is 15.4 Å². The lowest BCUT2D eigenvalue weighted by Crippen LogP contribution is -2.36. The van der Waals surface area contributed by atoms with Gasteiger partial charge in [-0.15, -0.1) is 11.3 Å². The van der Waals surface area contributed by atoms with Crippen molar-refractivity contribution in [2.75, 3.05) is 6.54 Å². The number of carbonyl (C=O) groups excluding carboxylic acids is 2. The summed E-state index contributed by atoms with van der Waals surface area (Å²) in [6.45, 7) is 0.135. The standard InChI is InChI=1S/C19H16FN3O2S/c20-15-8-6-14(7-9-15)19(25)22-10-17(24)21-11-18-23-16(12-26-18)13-4-2-1-3-5-13/h1-9,12H,10-11H2,(H,21,24)(H,22,25). The van der Waals surface area contributed by atoms with Gasteiger partial charge in [0.05, 0.1) is 18.8 Å². The highest BCUT2D eigenvalue weighted by Crippen LogP contribution is 2.21. The molecule has 0 unspecified atom stereocenters.